The summed E-state index contributed by atoms with van der Waals surface area (Å²) in [5, 5.41) is 20.8. The maximum Gasteiger partial charge on any atom is 0.393 e. The first kappa shape index (κ1) is 28.0. The van der Waals surface area contributed by atoms with Crippen LogP contribution < -0.4 is 14.8 Å². The number of pyridine rings is 1. The lowest BCUT2D eigenvalue weighted by molar-refractivity contribution is -0.0277. The molecule has 4 rings (SSSR count). The van der Waals surface area contributed by atoms with Gasteiger partial charge in [0.2, 0.25) is 0 Å². The molecule has 0 fully saturated rings. The molecule has 11 nitrogen and oxygen atoms in total. The van der Waals surface area contributed by atoms with Crippen LogP contribution in [0.15, 0.2) is 54.1 Å². The first-order chi connectivity index (χ1) is 18.6. The number of aryl methyl sites for hydroxylation is 1. The standard InChI is InChI=1S/C25H29F2N5O6S/c1-2-38-30-21-6-3-17-15-19(4-5-20(17)21)37-14-9-25(26,27)8-11-31-12-13-32(18-7-10-29-22(28)16-18)39(31,23(33)34)24(35)36/h4-5,7,10,12-13,15-16H,2-3,6,8-9,11,14H2,1H3,(H2,28,29)(H,33,34)(H,35,36)/b30-21+. The Morgan fingerprint density at radius 2 is 1.92 bits per heavy atom. The fraction of sp³-hybridized carbons (Fsp3) is 0.360. The van der Waals surface area contributed by atoms with Crippen LogP contribution in [-0.4, -0.2) is 61.5 Å². The second kappa shape index (κ2) is 11.4. The van der Waals surface area contributed by atoms with Crippen molar-refractivity contribution in [1.29, 1.82) is 0 Å². The van der Waals surface area contributed by atoms with E-state index < -0.39 is 46.3 Å². The lowest BCUT2D eigenvalue weighted by Crippen LogP contribution is -2.41. The number of carbonyl (C=O) groups is 2. The van der Waals surface area contributed by atoms with E-state index in [9.17, 15) is 28.6 Å². The monoisotopic (exact) mass is 565 g/mol. The van der Waals surface area contributed by atoms with Gasteiger partial charge in [-0.15, -0.1) is 0 Å². The Morgan fingerprint density at radius 1 is 1.15 bits per heavy atom. The van der Waals surface area contributed by atoms with E-state index >= 15 is 0 Å². The molecule has 1 aliphatic heterocycles. The molecule has 2 aromatic rings. The van der Waals surface area contributed by atoms with Crippen molar-refractivity contribution in [3.05, 3.63) is 60.1 Å². The second-order valence-corrected chi connectivity index (χ2v) is 11.4. The predicted octanol–water partition coefficient (Wildman–Crippen LogP) is 5.43. The number of halogens is 2. The minimum Gasteiger partial charge on any atom is -0.493 e. The zero-order chi connectivity index (χ0) is 28.2. The number of nitrogens with two attached hydrogens (primary N) is 1. The molecule has 0 spiro atoms. The minimum absolute atomic E-state index is 0.0532. The van der Waals surface area contributed by atoms with Crippen LogP contribution in [0, 0.1) is 0 Å². The molecule has 4 N–H and O–H groups in total. The number of rotatable bonds is 10. The number of benzene rings is 1. The van der Waals surface area contributed by atoms with Crippen LogP contribution in [0.2, 0.25) is 0 Å². The van der Waals surface area contributed by atoms with E-state index in [0.717, 1.165) is 38.3 Å². The number of fused-ring (bicyclic) bond motifs is 1. The Bertz CT molecular complexity index is 1290. The molecule has 0 saturated carbocycles. The molecule has 0 radical (unpaired) electrons. The highest BCUT2D eigenvalue weighted by Gasteiger charge is 2.54. The van der Waals surface area contributed by atoms with Gasteiger partial charge in [0.1, 0.15) is 28.6 Å². The molecule has 1 aromatic carbocycles. The van der Waals surface area contributed by atoms with Gasteiger partial charge in [-0.2, -0.15) is 0 Å². The van der Waals surface area contributed by atoms with Gasteiger partial charge in [-0.3, -0.25) is 4.31 Å². The van der Waals surface area contributed by atoms with Crippen molar-refractivity contribution in [3.8, 4) is 5.75 Å². The largest absolute Gasteiger partial charge is 0.493 e. The van der Waals surface area contributed by atoms with Crippen LogP contribution in [0.1, 0.15) is 37.3 Å². The first-order valence-electron chi connectivity index (χ1n) is 12.2. The van der Waals surface area contributed by atoms with E-state index in [1.165, 1.54) is 30.7 Å². The zero-order valence-electron chi connectivity index (χ0n) is 21.1. The van der Waals surface area contributed by atoms with Gasteiger partial charge in [0.05, 0.1) is 18.0 Å². The zero-order valence-corrected chi connectivity index (χ0v) is 21.9. The number of hydrogen-bond donors (Lipinski definition) is 3. The van der Waals surface area contributed by atoms with Crippen LogP contribution >= 0.6 is 10.4 Å². The van der Waals surface area contributed by atoms with Gasteiger partial charge < -0.3 is 29.8 Å². The van der Waals surface area contributed by atoms with Gasteiger partial charge in [0, 0.05) is 49.6 Å². The van der Waals surface area contributed by atoms with Crippen LogP contribution in [-0.2, 0) is 11.3 Å². The summed E-state index contributed by atoms with van der Waals surface area (Å²) in [5.74, 6) is -2.73. The van der Waals surface area contributed by atoms with E-state index in [1.807, 2.05) is 13.0 Å². The van der Waals surface area contributed by atoms with Crippen molar-refractivity contribution in [2.24, 2.45) is 5.16 Å². The van der Waals surface area contributed by atoms with Gasteiger partial charge in [0.25, 0.3) is 5.92 Å². The summed E-state index contributed by atoms with van der Waals surface area (Å²) in [7, 11) is -3.83. The average Bonchev–Trinajstić information content (AvgIpc) is 3.48. The molecule has 1 aliphatic carbocycles. The van der Waals surface area contributed by atoms with E-state index in [1.54, 1.807) is 12.1 Å². The number of ether oxygens (including phenoxy) is 1. The van der Waals surface area contributed by atoms with Gasteiger partial charge in [-0.25, -0.2) is 23.4 Å². The van der Waals surface area contributed by atoms with Crippen molar-refractivity contribution in [2.45, 2.75) is 38.5 Å². The molecule has 0 atom stereocenters. The molecule has 0 unspecified atom stereocenters. The molecule has 14 heteroatoms. The number of anilines is 2. The Balaban J connectivity index is 1.38. The smallest absolute Gasteiger partial charge is 0.393 e. The third kappa shape index (κ3) is 5.70. The van der Waals surface area contributed by atoms with Gasteiger partial charge in [0.15, 0.2) is 0 Å². The molecule has 0 amide bonds. The Hall–Kier alpha value is -4.07. The lowest BCUT2D eigenvalue weighted by atomic mass is 10.1. The molecule has 210 valence electrons. The fourth-order valence-corrected chi connectivity index (χ4v) is 6.73. The summed E-state index contributed by atoms with van der Waals surface area (Å²) in [6.45, 7) is 1.53. The van der Waals surface area contributed by atoms with Crippen LogP contribution in [0.25, 0.3) is 0 Å². The third-order valence-electron chi connectivity index (χ3n) is 6.26. The number of nitrogens with zero attached hydrogens (tertiary/aromatic N) is 4. The minimum atomic E-state index is -3.83. The summed E-state index contributed by atoms with van der Waals surface area (Å²) in [6, 6.07) is 8.04. The fourth-order valence-electron chi connectivity index (χ4n) is 4.38. The first-order valence-corrected chi connectivity index (χ1v) is 13.7. The van der Waals surface area contributed by atoms with Crippen LogP contribution in [0.3, 0.4) is 0 Å². The summed E-state index contributed by atoms with van der Waals surface area (Å²) in [5.41, 5.74) is 8.64. The lowest BCUT2D eigenvalue weighted by Gasteiger charge is -2.42. The highest BCUT2D eigenvalue weighted by atomic mass is 32.3. The summed E-state index contributed by atoms with van der Waals surface area (Å²) >= 11 is 0. The van der Waals surface area contributed by atoms with E-state index in [-0.39, 0.29) is 18.1 Å². The highest BCUT2D eigenvalue weighted by Crippen LogP contribution is 2.61. The summed E-state index contributed by atoms with van der Waals surface area (Å²) in [4.78, 5) is 33.6. The molecular weight excluding hydrogens is 536 g/mol. The normalized spacial score (nSPS) is 17.8. The molecule has 0 bridgehead atoms. The summed E-state index contributed by atoms with van der Waals surface area (Å²) < 4.78 is 37.2. The van der Waals surface area contributed by atoms with E-state index in [4.69, 9.17) is 15.3 Å². The maximum atomic E-state index is 14.8. The van der Waals surface area contributed by atoms with E-state index in [2.05, 4.69) is 10.1 Å². The molecule has 2 heterocycles. The predicted molar refractivity (Wildman–Crippen MR) is 143 cm³/mol. The Labute approximate surface area is 225 Å². The quantitative estimate of drug-likeness (QED) is 0.318. The second-order valence-electron chi connectivity index (χ2n) is 8.76. The van der Waals surface area contributed by atoms with Gasteiger partial charge in [-0.05, 0) is 49.6 Å². The number of nitrogen functional groups attached to an aromatic ring is 1. The Morgan fingerprint density at radius 3 is 2.62 bits per heavy atom. The van der Waals surface area contributed by atoms with E-state index in [0.29, 0.717) is 12.4 Å². The van der Waals surface area contributed by atoms with Crippen molar-refractivity contribution >= 4 is 38.2 Å². The van der Waals surface area contributed by atoms with Crippen molar-refractivity contribution in [2.75, 3.05) is 29.8 Å². The summed E-state index contributed by atoms with van der Waals surface area (Å²) in [6.07, 6.45) is 3.82. The van der Waals surface area contributed by atoms with Gasteiger partial charge in [-0.1, -0.05) is 5.16 Å². The molecule has 2 aliphatic rings. The number of aromatic nitrogens is 1. The van der Waals surface area contributed by atoms with Crippen molar-refractivity contribution < 1.29 is 38.2 Å². The van der Waals surface area contributed by atoms with Gasteiger partial charge >= 0.3 is 10.6 Å². The maximum absolute atomic E-state index is 14.8. The molecule has 1 aromatic heterocycles. The van der Waals surface area contributed by atoms with Crippen molar-refractivity contribution in [3.63, 3.8) is 0 Å². The Kier molecular flexibility index (Phi) is 8.14. The number of carboxylic acid groups (broad SMARTS) is 2. The number of alkyl halides is 2. The topological polar surface area (TPSA) is 151 Å². The highest BCUT2D eigenvalue weighted by molar-refractivity contribution is 8.54. The SMILES string of the molecule is CCO/N=C1\CCc2cc(OCCC(F)(F)CCN3C=CN(c4ccnc(N)c4)S3(C(=O)O)C(=O)O)ccc21. The third-order valence-corrected chi connectivity index (χ3v) is 9.11. The van der Waals surface area contributed by atoms with Crippen LogP contribution in [0.4, 0.5) is 29.9 Å². The van der Waals surface area contributed by atoms with Crippen LogP contribution in [0.5, 0.6) is 5.75 Å². The van der Waals surface area contributed by atoms with Crippen molar-refractivity contribution in [1.82, 2.24) is 9.29 Å². The number of hydrogen-bond acceptors (Lipinski definition) is 9. The molecule has 39 heavy (non-hydrogen) atoms. The molecule has 0 saturated heterocycles. The average molecular weight is 566 g/mol. The number of oxime groups is 1. The molecular formula is C25H29F2N5O6S.